The molecule has 0 radical (unpaired) electrons. The minimum atomic E-state index is -0.333. The van der Waals surface area contributed by atoms with Crippen molar-refractivity contribution in [2.75, 3.05) is 31.1 Å². The van der Waals surface area contributed by atoms with E-state index in [0.29, 0.717) is 0 Å². The van der Waals surface area contributed by atoms with Crippen LogP contribution in [0.5, 0.6) is 0 Å². The van der Waals surface area contributed by atoms with Gasteiger partial charge in [0.15, 0.2) is 0 Å². The first-order valence-corrected chi connectivity index (χ1v) is 8.95. The number of amides is 1. The Hall–Kier alpha value is -1.55. The molecule has 2 aliphatic rings. The second-order valence-corrected chi connectivity index (χ2v) is 7.31. The highest BCUT2D eigenvalue weighted by Gasteiger charge is 2.39. The molecule has 0 aromatic heterocycles. The van der Waals surface area contributed by atoms with Crippen molar-refractivity contribution in [2.45, 2.75) is 44.6 Å². The van der Waals surface area contributed by atoms with Gasteiger partial charge in [-0.05, 0) is 38.3 Å². The number of benzene rings is 1. The Morgan fingerprint density at radius 1 is 1.09 bits per heavy atom. The van der Waals surface area contributed by atoms with Crippen molar-refractivity contribution in [1.82, 2.24) is 4.90 Å². The molecule has 3 rings (SSSR count). The van der Waals surface area contributed by atoms with Crippen molar-refractivity contribution < 1.29 is 4.79 Å². The van der Waals surface area contributed by atoms with Gasteiger partial charge in [0.25, 0.3) is 0 Å². The molecule has 0 bridgehead atoms. The molecule has 1 aromatic carbocycles. The molecule has 2 unspecified atom stereocenters. The highest BCUT2D eigenvalue weighted by molar-refractivity contribution is 5.80. The van der Waals surface area contributed by atoms with Gasteiger partial charge in [-0.3, -0.25) is 4.79 Å². The molecular formula is C19H29N3O. The van der Waals surface area contributed by atoms with Gasteiger partial charge >= 0.3 is 0 Å². The second-order valence-electron chi connectivity index (χ2n) is 7.31. The van der Waals surface area contributed by atoms with E-state index in [1.54, 1.807) is 0 Å². The number of nitrogens with two attached hydrogens (primary N) is 1. The summed E-state index contributed by atoms with van der Waals surface area (Å²) < 4.78 is 0. The van der Waals surface area contributed by atoms with Crippen molar-refractivity contribution in [3.8, 4) is 0 Å². The lowest BCUT2D eigenvalue weighted by Crippen LogP contribution is -2.54. The summed E-state index contributed by atoms with van der Waals surface area (Å²) in [6.07, 6.45) is 5.22. The lowest BCUT2D eigenvalue weighted by molar-refractivity contribution is -0.138. The minimum absolute atomic E-state index is 0.000440. The van der Waals surface area contributed by atoms with E-state index in [0.717, 1.165) is 58.3 Å². The van der Waals surface area contributed by atoms with Crippen LogP contribution < -0.4 is 10.6 Å². The molecule has 1 aromatic rings. The molecule has 23 heavy (non-hydrogen) atoms. The number of nitrogens with zero attached hydrogens (tertiary/aromatic N) is 2. The van der Waals surface area contributed by atoms with Crippen LogP contribution in [0.2, 0.25) is 0 Å². The number of carbonyl (C=O) groups excluding carboxylic acids is 1. The van der Waals surface area contributed by atoms with Crippen molar-refractivity contribution in [1.29, 1.82) is 0 Å². The Morgan fingerprint density at radius 3 is 2.61 bits per heavy atom. The van der Waals surface area contributed by atoms with Crippen molar-refractivity contribution in [2.24, 2.45) is 11.7 Å². The first-order valence-electron chi connectivity index (χ1n) is 8.95. The van der Waals surface area contributed by atoms with Gasteiger partial charge in [0, 0.05) is 37.4 Å². The predicted molar refractivity (Wildman–Crippen MR) is 94.4 cm³/mol. The van der Waals surface area contributed by atoms with E-state index < -0.39 is 0 Å². The lowest BCUT2D eigenvalue weighted by Gasteiger charge is -2.39. The Morgan fingerprint density at radius 2 is 1.87 bits per heavy atom. The quantitative estimate of drug-likeness (QED) is 0.913. The maximum Gasteiger partial charge on any atom is 0.227 e. The number of hydrogen-bond acceptors (Lipinski definition) is 3. The first-order chi connectivity index (χ1) is 11.1. The number of carbonyl (C=O) groups is 1. The fourth-order valence-corrected chi connectivity index (χ4v) is 4.02. The van der Waals surface area contributed by atoms with E-state index in [-0.39, 0.29) is 17.4 Å². The maximum absolute atomic E-state index is 13.0. The Balaban J connectivity index is 1.64. The van der Waals surface area contributed by atoms with Crippen LogP contribution in [0.3, 0.4) is 0 Å². The molecule has 4 nitrogen and oxygen atoms in total. The second kappa shape index (κ2) is 6.91. The van der Waals surface area contributed by atoms with Crippen molar-refractivity contribution >= 4 is 11.6 Å². The summed E-state index contributed by atoms with van der Waals surface area (Å²) in [7, 11) is 0. The molecule has 4 heteroatoms. The number of para-hydroxylation sites is 1. The fourth-order valence-electron chi connectivity index (χ4n) is 4.02. The Bertz CT molecular complexity index is 529. The number of rotatable bonds is 2. The summed E-state index contributed by atoms with van der Waals surface area (Å²) in [4.78, 5) is 17.4. The topological polar surface area (TPSA) is 49.6 Å². The number of anilines is 1. The highest BCUT2D eigenvalue weighted by Crippen LogP contribution is 2.33. The zero-order valence-corrected chi connectivity index (χ0v) is 14.2. The van der Waals surface area contributed by atoms with Gasteiger partial charge in [0.2, 0.25) is 5.91 Å². The molecule has 1 aliphatic carbocycles. The maximum atomic E-state index is 13.0. The largest absolute Gasteiger partial charge is 0.370 e. The van der Waals surface area contributed by atoms with Crippen LogP contribution in [0.25, 0.3) is 0 Å². The summed E-state index contributed by atoms with van der Waals surface area (Å²) in [5, 5.41) is 0. The van der Waals surface area contributed by atoms with Crippen LogP contribution in [0.15, 0.2) is 30.3 Å². The van der Waals surface area contributed by atoms with Crippen molar-refractivity contribution in [3.63, 3.8) is 0 Å². The summed E-state index contributed by atoms with van der Waals surface area (Å²) >= 11 is 0. The van der Waals surface area contributed by atoms with Gasteiger partial charge in [-0.15, -0.1) is 0 Å². The summed E-state index contributed by atoms with van der Waals surface area (Å²) in [6.45, 7) is 5.64. The van der Waals surface area contributed by atoms with Crippen LogP contribution >= 0.6 is 0 Å². The van der Waals surface area contributed by atoms with Crippen LogP contribution in [-0.2, 0) is 4.79 Å². The lowest BCUT2D eigenvalue weighted by atomic mass is 9.74. The normalized spacial score (nSPS) is 29.2. The molecule has 2 N–H and O–H groups in total. The molecule has 2 atom stereocenters. The first kappa shape index (κ1) is 16.3. The average molecular weight is 315 g/mol. The van der Waals surface area contributed by atoms with Gasteiger partial charge < -0.3 is 15.5 Å². The highest BCUT2D eigenvalue weighted by atomic mass is 16.2. The zero-order valence-electron chi connectivity index (χ0n) is 14.2. The third kappa shape index (κ3) is 3.69. The van der Waals surface area contributed by atoms with Crippen LogP contribution in [0.4, 0.5) is 5.69 Å². The number of hydrogen-bond donors (Lipinski definition) is 1. The van der Waals surface area contributed by atoms with Crippen LogP contribution in [0.1, 0.15) is 39.0 Å². The van der Waals surface area contributed by atoms with E-state index >= 15 is 0 Å². The van der Waals surface area contributed by atoms with Gasteiger partial charge in [0.05, 0.1) is 5.92 Å². The van der Waals surface area contributed by atoms with Crippen LogP contribution in [-0.4, -0.2) is 42.5 Å². The van der Waals surface area contributed by atoms with Gasteiger partial charge in [-0.2, -0.15) is 0 Å². The van der Waals surface area contributed by atoms with Crippen LogP contribution in [0, 0.1) is 5.92 Å². The van der Waals surface area contributed by atoms with Gasteiger partial charge in [0.1, 0.15) is 0 Å². The molecule has 126 valence electrons. The molecule has 1 aliphatic heterocycles. The molecule has 1 heterocycles. The van der Waals surface area contributed by atoms with Gasteiger partial charge in [-0.1, -0.05) is 31.0 Å². The molecule has 1 saturated carbocycles. The summed E-state index contributed by atoms with van der Waals surface area (Å²) in [5.41, 5.74) is 7.35. The van der Waals surface area contributed by atoms with E-state index in [1.165, 1.54) is 5.69 Å². The van der Waals surface area contributed by atoms with E-state index in [9.17, 15) is 4.79 Å². The Labute approximate surface area is 139 Å². The third-order valence-corrected chi connectivity index (χ3v) is 5.48. The Kier molecular flexibility index (Phi) is 4.90. The molecular weight excluding hydrogens is 286 g/mol. The summed E-state index contributed by atoms with van der Waals surface area (Å²) in [5.74, 6) is 0.282. The van der Waals surface area contributed by atoms with Crippen molar-refractivity contribution in [3.05, 3.63) is 30.3 Å². The minimum Gasteiger partial charge on any atom is -0.370 e. The third-order valence-electron chi connectivity index (χ3n) is 5.48. The SMILES string of the molecule is CC1(N)CCCCC1C(=O)N1CCCN(c2ccccc2)CC1. The van der Waals surface area contributed by atoms with Gasteiger partial charge in [-0.25, -0.2) is 0 Å². The standard InChI is InChI=1S/C19H29N3O/c1-19(20)11-6-5-10-17(19)18(23)22-13-7-12-21(14-15-22)16-8-3-2-4-9-16/h2-4,8-9,17H,5-7,10-15,20H2,1H3. The molecule has 0 spiro atoms. The van der Waals surface area contributed by atoms with E-state index in [1.807, 2.05) is 6.07 Å². The molecule has 1 saturated heterocycles. The molecule has 1 amide bonds. The fraction of sp³-hybridized carbons (Fsp3) is 0.632. The van der Waals surface area contributed by atoms with E-state index in [4.69, 9.17) is 5.73 Å². The monoisotopic (exact) mass is 315 g/mol. The molecule has 2 fully saturated rings. The summed E-state index contributed by atoms with van der Waals surface area (Å²) in [6, 6.07) is 10.5. The predicted octanol–water partition coefficient (Wildman–Crippen LogP) is 2.63. The smallest absolute Gasteiger partial charge is 0.227 e. The average Bonchev–Trinajstić information content (AvgIpc) is 2.81. The van der Waals surface area contributed by atoms with E-state index in [2.05, 4.69) is 41.0 Å². The zero-order chi connectivity index (χ0) is 16.3.